The van der Waals surface area contributed by atoms with Gasteiger partial charge in [0, 0.05) is 12.3 Å². The average molecular weight is 292 g/mol. The van der Waals surface area contributed by atoms with E-state index in [-0.39, 0.29) is 10.9 Å². The quantitative estimate of drug-likeness (QED) is 0.935. The molecule has 0 bridgehead atoms. The minimum Gasteiger partial charge on any atom is -0.456 e. The van der Waals surface area contributed by atoms with E-state index >= 15 is 0 Å². The zero-order chi connectivity index (χ0) is 14.8. The van der Waals surface area contributed by atoms with Gasteiger partial charge in [-0.05, 0) is 37.3 Å². The maximum absolute atomic E-state index is 11.5. The van der Waals surface area contributed by atoms with Gasteiger partial charge in [-0.15, -0.1) is 0 Å². The van der Waals surface area contributed by atoms with Gasteiger partial charge < -0.3 is 10.5 Å². The fourth-order valence-electron chi connectivity index (χ4n) is 1.63. The first-order valence-corrected chi connectivity index (χ1v) is 7.95. The molecule has 2 aromatic rings. The summed E-state index contributed by atoms with van der Waals surface area (Å²) >= 11 is 0. The van der Waals surface area contributed by atoms with Crippen LogP contribution in [0.5, 0.6) is 11.5 Å². The van der Waals surface area contributed by atoms with Gasteiger partial charge in [0.25, 0.3) is 0 Å². The minimum atomic E-state index is -3.25. The molecule has 0 amide bonds. The second-order valence-electron chi connectivity index (χ2n) is 4.56. The van der Waals surface area contributed by atoms with Gasteiger partial charge in [-0.25, -0.2) is 8.42 Å². The molecule has 20 heavy (non-hydrogen) atoms. The van der Waals surface area contributed by atoms with Gasteiger partial charge in [0.15, 0.2) is 9.84 Å². The zero-order valence-electron chi connectivity index (χ0n) is 11.3. The van der Waals surface area contributed by atoms with E-state index in [1.807, 2.05) is 6.92 Å². The number of rotatable bonds is 4. The first-order chi connectivity index (χ1) is 9.36. The molecule has 1 heterocycles. The molecule has 0 fully saturated rings. The van der Waals surface area contributed by atoms with Crippen LogP contribution in [-0.2, 0) is 9.84 Å². The summed E-state index contributed by atoms with van der Waals surface area (Å²) in [5.74, 6) is 0.975. The Kier molecular flexibility index (Phi) is 4.06. The molecular formula is C14H16N2O3S. The number of nitrogens with two attached hydrogens (primary N) is 1. The molecule has 0 unspecified atom stereocenters. The first-order valence-electron chi connectivity index (χ1n) is 6.06. The summed E-state index contributed by atoms with van der Waals surface area (Å²) in [5, 5.41) is 0. The van der Waals surface area contributed by atoms with E-state index in [0.29, 0.717) is 11.5 Å². The van der Waals surface area contributed by atoms with Gasteiger partial charge in [0.05, 0.1) is 16.8 Å². The number of hydrogen-bond donors (Lipinski definition) is 1. The van der Waals surface area contributed by atoms with Crippen LogP contribution in [0.25, 0.3) is 0 Å². The summed E-state index contributed by atoms with van der Waals surface area (Å²) < 4.78 is 28.5. The molecule has 1 aromatic carbocycles. The van der Waals surface area contributed by atoms with Crippen LogP contribution in [0.15, 0.2) is 47.5 Å². The van der Waals surface area contributed by atoms with Crippen LogP contribution in [0.1, 0.15) is 18.7 Å². The van der Waals surface area contributed by atoms with Crippen LogP contribution in [-0.4, -0.2) is 19.7 Å². The van der Waals surface area contributed by atoms with Crippen molar-refractivity contribution in [3.05, 3.63) is 48.3 Å². The molecular weight excluding hydrogens is 276 g/mol. The van der Waals surface area contributed by atoms with Crippen LogP contribution < -0.4 is 10.5 Å². The zero-order valence-corrected chi connectivity index (χ0v) is 12.1. The molecule has 0 saturated carbocycles. The third-order valence-corrected chi connectivity index (χ3v) is 3.81. The molecule has 0 aliphatic carbocycles. The standard InChI is InChI=1S/C14H16N2O3S/c1-10(15)14-7-6-12(9-16-14)19-11-4-3-5-13(8-11)20(2,17)18/h3-10H,15H2,1-2H3/t10-/m0/s1. The van der Waals surface area contributed by atoms with E-state index in [0.717, 1.165) is 11.9 Å². The lowest BCUT2D eigenvalue weighted by atomic mass is 10.2. The Labute approximate surface area is 118 Å². The van der Waals surface area contributed by atoms with Crippen molar-refractivity contribution < 1.29 is 13.2 Å². The van der Waals surface area contributed by atoms with Crippen LogP contribution in [0.2, 0.25) is 0 Å². The SMILES string of the molecule is C[C@H](N)c1ccc(Oc2cccc(S(C)(=O)=O)c2)cn1. The minimum absolute atomic E-state index is 0.141. The lowest BCUT2D eigenvalue weighted by Gasteiger charge is -2.08. The third-order valence-electron chi connectivity index (χ3n) is 2.70. The smallest absolute Gasteiger partial charge is 0.175 e. The third kappa shape index (κ3) is 3.55. The number of ether oxygens (including phenoxy) is 1. The summed E-state index contributed by atoms with van der Waals surface area (Å²) in [6.07, 6.45) is 2.72. The Balaban J connectivity index is 2.22. The Morgan fingerprint density at radius 2 is 1.95 bits per heavy atom. The molecule has 5 nitrogen and oxygen atoms in total. The fourth-order valence-corrected chi connectivity index (χ4v) is 2.28. The van der Waals surface area contributed by atoms with Crippen molar-refractivity contribution in [2.24, 2.45) is 5.73 Å². The van der Waals surface area contributed by atoms with Crippen molar-refractivity contribution in [3.8, 4) is 11.5 Å². The van der Waals surface area contributed by atoms with E-state index in [1.54, 1.807) is 30.5 Å². The highest BCUT2D eigenvalue weighted by Crippen LogP contribution is 2.24. The van der Waals surface area contributed by atoms with Gasteiger partial charge in [-0.1, -0.05) is 6.07 Å². The summed E-state index contributed by atoms with van der Waals surface area (Å²) in [4.78, 5) is 4.40. The monoisotopic (exact) mass is 292 g/mol. The first kappa shape index (κ1) is 14.5. The van der Waals surface area contributed by atoms with Crippen molar-refractivity contribution in [1.82, 2.24) is 4.98 Å². The van der Waals surface area contributed by atoms with Gasteiger partial charge in [-0.2, -0.15) is 0 Å². The maximum Gasteiger partial charge on any atom is 0.175 e. The summed E-state index contributed by atoms with van der Waals surface area (Å²) in [6, 6.07) is 9.72. The second-order valence-corrected chi connectivity index (χ2v) is 6.57. The fraction of sp³-hybridized carbons (Fsp3) is 0.214. The molecule has 2 rings (SSSR count). The van der Waals surface area contributed by atoms with Crippen LogP contribution in [0.3, 0.4) is 0 Å². The summed E-state index contributed by atoms with van der Waals surface area (Å²) in [7, 11) is -3.25. The predicted octanol–water partition coefficient (Wildman–Crippen LogP) is 2.30. The van der Waals surface area contributed by atoms with Gasteiger partial charge in [-0.3, -0.25) is 4.98 Å². The van der Waals surface area contributed by atoms with E-state index in [1.165, 1.54) is 12.1 Å². The largest absolute Gasteiger partial charge is 0.456 e. The second kappa shape index (κ2) is 5.60. The predicted molar refractivity (Wildman–Crippen MR) is 76.5 cm³/mol. The molecule has 2 N–H and O–H groups in total. The topological polar surface area (TPSA) is 82.3 Å². The molecule has 0 saturated heterocycles. The van der Waals surface area contributed by atoms with Gasteiger partial charge in [0.1, 0.15) is 11.5 Å². The van der Waals surface area contributed by atoms with Gasteiger partial charge in [0.2, 0.25) is 0 Å². The highest BCUT2D eigenvalue weighted by Gasteiger charge is 2.08. The normalized spacial score (nSPS) is 12.9. The Morgan fingerprint density at radius 1 is 1.20 bits per heavy atom. The molecule has 1 atom stereocenters. The lowest BCUT2D eigenvalue weighted by Crippen LogP contribution is -2.06. The number of nitrogens with zero attached hydrogens (tertiary/aromatic N) is 1. The lowest BCUT2D eigenvalue weighted by molar-refractivity contribution is 0.477. The Bertz CT molecular complexity index is 695. The van der Waals surface area contributed by atoms with Crippen LogP contribution in [0, 0.1) is 0 Å². The Morgan fingerprint density at radius 3 is 2.50 bits per heavy atom. The molecule has 6 heteroatoms. The maximum atomic E-state index is 11.5. The molecule has 106 valence electrons. The Hall–Kier alpha value is -1.92. The van der Waals surface area contributed by atoms with Crippen molar-refractivity contribution in [3.63, 3.8) is 0 Å². The number of benzene rings is 1. The highest BCUT2D eigenvalue weighted by atomic mass is 32.2. The van der Waals surface area contributed by atoms with Crippen molar-refractivity contribution >= 4 is 9.84 Å². The molecule has 0 spiro atoms. The number of aromatic nitrogens is 1. The van der Waals surface area contributed by atoms with Gasteiger partial charge >= 0.3 is 0 Å². The summed E-state index contributed by atoms with van der Waals surface area (Å²) in [6.45, 7) is 1.85. The molecule has 1 aromatic heterocycles. The molecule has 0 radical (unpaired) electrons. The van der Waals surface area contributed by atoms with Crippen LogP contribution >= 0.6 is 0 Å². The van der Waals surface area contributed by atoms with Crippen LogP contribution in [0.4, 0.5) is 0 Å². The summed E-state index contributed by atoms with van der Waals surface area (Å²) in [5.41, 5.74) is 6.48. The van der Waals surface area contributed by atoms with E-state index in [9.17, 15) is 8.42 Å². The van der Waals surface area contributed by atoms with Crippen molar-refractivity contribution in [2.75, 3.05) is 6.26 Å². The number of pyridine rings is 1. The van der Waals surface area contributed by atoms with E-state index < -0.39 is 9.84 Å². The average Bonchev–Trinajstić information content (AvgIpc) is 2.38. The number of hydrogen-bond acceptors (Lipinski definition) is 5. The molecule has 0 aliphatic rings. The number of sulfone groups is 1. The molecule has 0 aliphatic heterocycles. The van der Waals surface area contributed by atoms with E-state index in [2.05, 4.69) is 4.98 Å². The highest BCUT2D eigenvalue weighted by molar-refractivity contribution is 7.90. The van der Waals surface area contributed by atoms with E-state index in [4.69, 9.17) is 10.5 Å². The van der Waals surface area contributed by atoms with Crippen molar-refractivity contribution in [1.29, 1.82) is 0 Å². The van der Waals surface area contributed by atoms with Crippen molar-refractivity contribution in [2.45, 2.75) is 17.9 Å².